The molecule has 116 valence electrons. The maximum absolute atomic E-state index is 12.2. The fraction of sp³-hybridized carbons (Fsp3) is 0.882. The Bertz CT molecular complexity index is 427. The molecule has 2 bridgehead atoms. The molecule has 0 aromatic rings. The van der Waals surface area contributed by atoms with Crippen LogP contribution in [0.4, 0.5) is 0 Å². The van der Waals surface area contributed by atoms with Crippen LogP contribution in [0.25, 0.3) is 0 Å². The maximum atomic E-state index is 12.2. The smallest absolute Gasteiger partial charge is 0.325 e. The molecule has 4 aliphatic carbocycles. The predicted molar refractivity (Wildman–Crippen MR) is 77.3 cm³/mol. The summed E-state index contributed by atoms with van der Waals surface area (Å²) in [6.07, 6.45) is 9.58. The third kappa shape index (κ3) is 2.47. The van der Waals surface area contributed by atoms with Gasteiger partial charge in [-0.1, -0.05) is 6.42 Å². The topological polar surface area (TPSA) is 55.4 Å². The molecule has 4 aliphatic rings. The number of esters is 1. The first kappa shape index (κ1) is 13.6. The summed E-state index contributed by atoms with van der Waals surface area (Å²) in [6, 6.07) is 0. The van der Waals surface area contributed by atoms with Gasteiger partial charge < -0.3 is 10.1 Å². The van der Waals surface area contributed by atoms with Crippen LogP contribution in [0.3, 0.4) is 0 Å². The van der Waals surface area contributed by atoms with Gasteiger partial charge in [0.2, 0.25) is 5.91 Å². The Kier molecular flexibility index (Phi) is 3.43. The minimum Gasteiger partial charge on any atom is -0.461 e. The summed E-state index contributed by atoms with van der Waals surface area (Å²) in [4.78, 5) is 24.0. The number of hydrogen-bond donors (Lipinski definition) is 1. The van der Waals surface area contributed by atoms with Gasteiger partial charge in [-0.15, -0.1) is 0 Å². The van der Waals surface area contributed by atoms with E-state index >= 15 is 0 Å². The van der Waals surface area contributed by atoms with Gasteiger partial charge in [0.1, 0.15) is 12.6 Å². The number of carbonyl (C=O) groups is 2. The third-order valence-electron chi connectivity index (χ3n) is 6.30. The second-order valence-corrected chi connectivity index (χ2v) is 7.48. The summed E-state index contributed by atoms with van der Waals surface area (Å²) in [7, 11) is 0. The molecule has 4 fully saturated rings. The minimum absolute atomic E-state index is 0.0562. The van der Waals surface area contributed by atoms with E-state index in [9.17, 15) is 9.59 Å². The highest BCUT2D eigenvalue weighted by Crippen LogP contribution is 2.69. The molecule has 21 heavy (non-hydrogen) atoms. The molecular formula is C17H25NO3. The molecule has 4 rings (SSSR count). The Morgan fingerprint density at radius 2 is 1.62 bits per heavy atom. The normalized spacial score (nSPS) is 40.7. The molecule has 0 saturated heterocycles. The van der Waals surface area contributed by atoms with Crippen molar-refractivity contribution in [2.75, 3.05) is 6.54 Å². The zero-order chi connectivity index (χ0) is 14.4. The van der Waals surface area contributed by atoms with Crippen molar-refractivity contribution in [1.82, 2.24) is 5.32 Å². The second-order valence-electron chi connectivity index (χ2n) is 7.48. The van der Waals surface area contributed by atoms with Crippen LogP contribution < -0.4 is 5.32 Å². The van der Waals surface area contributed by atoms with Crippen molar-refractivity contribution in [3.05, 3.63) is 0 Å². The molecule has 0 aromatic heterocycles. The summed E-state index contributed by atoms with van der Waals surface area (Å²) < 4.78 is 5.44. The highest BCUT2D eigenvalue weighted by atomic mass is 16.5. The lowest BCUT2D eigenvalue weighted by molar-refractivity contribution is -0.150. The highest BCUT2D eigenvalue weighted by Gasteiger charge is 2.67. The van der Waals surface area contributed by atoms with Crippen LogP contribution in [0.1, 0.15) is 51.4 Å². The van der Waals surface area contributed by atoms with E-state index in [1.54, 1.807) is 0 Å². The Hall–Kier alpha value is -1.06. The summed E-state index contributed by atoms with van der Waals surface area (Å²) in [5.41, 5.74) is 0. The largest absolute Gasteiger partial charge is 0.461 e. The monoisotopic (exact) mass is 291 g/mol. The van der Waals surface area contributed by atoms with E-state index < -0.39 is 0 Å². The number of nitrogens with one attached hydrogen (secondary N) is 1. The van der Waals surface area contributed by atoms with Gasteiger partial charge in [0.05, 0.1) is 0 Å². The molecule has 0 heterocycles. The molecule has 1 N–H and O–H groups in total. The number of amides is 1. The first-order valence-electron chi connectivity index (χ1n) is 8.71. The number of carbonyl (C=O) groups excluding carboxylic acids is 2. The average molecular weight is 291 g/mol. The third-order valence-corrected chi connectivity index (χ3v) is 6.30. The zero-order valence-corrected chi connectivity index (χ0v) is 12.6. The van der Waals surface area contributed by atoms with Crippen LogP contribution in [0.2, 0.25) is 0 Å². The fourth-order valence-electron chi connectivity index (χ4n) is 5.36. The van der Waals surface area contributed by atoms with Gasteiger partial charge in [-0.3, -0.25) is 9.59 Å². The Morgan fingerprint density at radius 3 is 2.29 bits per heavy atom. The first-order valence-corrected chi connectivity index (χ1v) is 8.71. The van der Waals surface area contributed by atoms with Crippen LogP contribution in [0.15, 0.2) is 0 Å². The Morgan fingerprint density at radius 1 is 0.952 bits per heavy atom. The Labute approximate surface area is 126 Å². The maximum Gasteiger partial charge on any atom is 0.325 e. The van der Waals surface area contributed by atoms with E-state index in [1.807, 2.05) is 0 Å². The molecule has 5 atom stereocenters. The standard InChI is InChI=1S/C17H25NO3/c19-13(21-12-4-2-1-3-5-12)9-18-17(20)16-14-10-6-7-11(8-10)15(14)16/h10-12,14-16H,1-9H2,(H,18,20)/t10-,11-,14-,15+,16?/m0/s1. The van der Waals surface area contributed by atoms with E-state index in [0.29, 0.717) is 11.8 Å². The molecule has 1 unspecified atom stereocenters. The summed E-state index contributed by atoms with van der Waals surface area (Å²) in [5.74, 6) is 2.91. The molecular weight excluding hydrogens is 266 g/mol. The first-order chi connectivity index (χ1) is 10.2. The SMILES string of the molecule is O=C(CNC(=O)C1[C@@H]2[C@H]3CC[C@@H](C3)[C@H]12)OC1CCCCC1. The lowest BCUT2D eigenvalue weighted by Gasteiger charge is -2.21. The van der Waals surface area contributed by atoms with Gasteiger partial charge in [0.15, 0.2) is 0 Å². The van der Waals surface area contributed by atoms with Crippen LogP contribution in [-0.2, 0) is 14.3 Å². The highest BCUT2D eigenvalue weighted by molar-refractivity contribution is 5.86. The fourth-order valence-corrected chi connectivity index (χ4v) is 5.36. The quantitative estimate of drug-likeness (QED) is 0.808. The lowest BCUT2D eigenvalue weighted by Crippen LogP contribution is -2.35. The summed E-state index contributed by atoms with van der Waals surface area (Å²) in [5, 5.41) is 2.82. The molecule has 4 saturated carbocycles. The summed E-state index contributed by atoms with van der Waals surface area (Å²) in [6.45, 7) is 0.0562. The van der Waals surface area contributed by atoms with Gasteiger partial charge in [0, 0.05) is 5.92 Å². The van der Waals surface area contributed by atoms with Crippen molar-refractivity contribution in [1.29, 1.82) is 0 Å². The molecule has 0 aliphatic heterocycles. The zero-order valence-electron chi connectivity index (χ0n) is 12.6. The summed E-state index contributed by atoms with van der Waals surface area (Å²) >= 11 is 0. The number of rotatable bonds is 4. The molecule has 0 spiro atoms. The second kappa shape index (κ2) is 5.29. The van der Waals surface area contributed by atoms with Crippen molar-refractivity contribution in [3.63, 3.8) is 0 Å². The molecule has 4 heteroatoms. The van der Waals surface area contributed by atoms with Crippen LogP contribution in [-0.4, -0.2) is 24.5 Å². The van der Waals surface area contributed by atoms with Gasteiger partial charge in [-0.2, -0.15) is 0 Å². The van der Waals surface area contributed by atoms with Crippen LogP contribution in [0, 0.1) is 29.6 Å². The van der Waals surface area contributed by atoms with Gasteiger partial charge in [0.25, 0.3) is 0 Å². The van der Waals surface area contributed by atoms with Crippen molar-refractivity contribution >= 4 is 11.9 Å². The molecule has 0 aromatic carbocycles. The van der Waals surface area contributed by atoms with E-state index in [-0.39, 0.29) is 30.4 Å². The van der Waals surface area contributed by atoms with Crippen molar-refractivity contribution < 1.29 is 14.3 Å². The Balaban J connectivity index is 1.20. The minimum atomic E-state index is -0.260. The lowest BCUT2D eigenvalue weighted by atomic mass is 9.98. The van der Waals surface area contributed by atoms with Crippen molar-refractivity contribution in [2.45, 2.75) is 57.5 Å². The predicted octanol–water partition coefficient (Wildman–Crippen LogP) is 2.27. The van der Waals surface area contributed by atoms with Crippen LogP contribution >= 0.6 is 0 Å². The van der Waals surface area contributed by atoms with Gasteiger partial charge >= 0.3 is 5.97 Å². The number of hydrogen-bond acceptors (Lipinski definition) is 3. The van der Waals surface area contributed by atoms with Gasteiger partial charge in [-0.05, 0) is 68.6 Å². The van der Waals surface area contributed by atoms with E-state index in [4.69, 9.17) is 4.74 Å². The molecule has 4 nitrogen and oxygen atoms in total. The molecule has 0 radical (unpaired) electrons. The van der Waals surface area contributed by atoms with Crippen molar-refractivity contribution in [3.8, 4) is 0 Å². The molecule has 1 amide bonds. The number of ether oxygens (including phenoxy) is 1. The van der Waals surface area contributed by atoms with E-state index in [0.717, 1.165) is 37.5 Å². The van der Waals surface area contributed by atoms with Crippen molar-refractivity contribution in [2.24, 2.45) is 29.6 Å². The van der Waals surface area contributed by atoms with E-state index in [2.05, 4.69) is 5.32 Å². The number of fused-ring (bicyclic) bond motifs is 5. The van der Waals surface area contributed by atoms with Gasteiger partial charge in [-0.25, -0.2) is 0 Å². The van der Waals surface area contributed by atoms with Crippen LogP contribution in [0.5, 0.6) is 0 Å². The van der Waals surface area contributed by atoms with E-state index in [1.165, 1.54) is 25.7 Å². The average Bonchev–Trinajstić information content (AvgIpc) is 2.94.